The van der Waals surface area contributed by atoms with Crippen LogP contribution in [0.25, 0.3) is 5.65 Å². The van der Waals surface area contributed by atoms with Gasteiger partial charge >= 0.3 is 0 Å². The molecule has 0 unspecified atom stereocenters. The van der Waals surface area contributed by atoms with Gasteiger partial charge in [-0.05, 0) is 38.3 Å². The number of piperazine rings is 1. The van der Waals surface area contributed by atoms with Gasteiger partial charge in [-0.2, -0.15) is 4.52 Å². The van der Waals surface area contributed by atoms with Gasteiger partial charge in [-0.3, -0.25) is 4.90 Å². The number of hydrogen-bond donors (Lipinski definition) is 0. The molecule has 0 N–H and O–H groups in total. The van der Waals surface area contributed by atoms with Crippen molar-refractivity contribution < 1.29 is 4.74 Å². The average Bonchev–Trinajstić information content (AvgIpc) is 3.03. The molecule has 0 saturated carbocycles. The highest BCUT2D eigenvalue weighted by Crippen LogP contribution is 2.20. The van der Waals surface area contributed by atoms with Crippen LogP contribution in [0.5, 0.6) is 0 Å². The highest BCUT2D eigenvalue weighted by Gasteiger charge is 2.27. The van der Waals surface area contributed by atoms with Crippen LogP contribution in [0, 0.1) is 0 Å². The van der Waals surface area contributed by atoms with Crippen molar-refractivity contribution in [2.45, 2.75) is 38.3 Å². The van der Waals surface area contributed by atoms with E-state index in [1.54, 1.807) is 10.8 Å². The van der Waals surface area contributed by atoms with Gasteiger partial charge in [0, 0.05) is 38.8 Å². The Morgan fingerprint density at radius 1 is 1.26 bits per heavy atom. The van der Waals surface area contributed by atoms with Gasteiger partial charge in [-0.25, -0.2) is 0 Å². The Labute approximate surface area is 136 Å². The Hall–Kier alpha value is -1.73. The predicted octanol–water partition coefficient (Wildman–Crippen LogP) is 1.20. The highest BCUT2D eigenvalue weighted by molar-refractivity contribution is 5.46. The molecule has 2 aliphatic rings. The second kappa shape index (κ2) is 6.41. The molecule has 23 heavy (non-hydrogen) atoms. The molecule has 0 amide bonds. The third kappa shape index (κ3) is 3.16. The lowest BCUT2D eigenvalue weighted by Gasteiger charge is -2.41. The third-order valence-electron chi connectivity index (χ3n) is 4.89. The largest absolute Gasteiger partial charge is 0.377 e. The highest BCUT2D eigenvalue weighted by atomic mass is 16.5. The monoisotopic (exact) mass is 316 g/mol. The second-order valence-electron chi connectivity index (χ2n) is 6.62. The first kappa shape index (κ1) is 14.8. The number of aromatic nitrogens is 4. The van der Waals surface area contributed by atoms with E-state index in [4.69, 9.17) is 4.74 Å². The summed E-state index contributed by atoms with van der Waals surface area (Å²) < 4.78 is 7.62. The predicted molar refractivity (Wildman–Crippen MR) is 87.6 cm³/mol. The minimum Gasteiger partial charge on any atom is -0.377 e. The van der Waals surface area contributed by atoms with Crippen molar-refractivity contribution in [3.05, 3.63) is 18.5 Å². The molecule has 2 atom stereocenters. The zero-order valence-electron chi connectivity index (χ0n) is 13.6. The molecule has 4 heterocycles. The zero-order chi connectivity index (χ0) is 15.6. The maximum Gasteiger partial charge on any atom is 0.177 e. The zero-order valence-corrected chi connectivity index (χ0v) is 13.6. The molecular formula is C16H24N6O. The molecule has 7 nitrogen and oxygen atoms in total. The van der Waals surface area contributed by atoms with E-state index in [1.165, 1.54) is 19.3 Å². The van der Waals surface area contributed by atoms with Gasteiger partial charge in [-0.15, -0.1) is 15.3 Å². The molecule has 0 radical (unpaired) electrons. The van der Waals surface area contributed by atoms with Crippen LogP contribution in [0.3, 0.4) is 0 Å². The van der Waals surface area contributed by atoms with E-state index in [0.29, 0.717) is 12.1 Å². The van der Waals surface area contributed by atoms with E-state index in [1.807, 2.05) is 12.1 Å². The van der Waals surface area contributed by atoms with Crippen molar-refractivity contribution in [2.24, 2.45) is 0 Å². The van der Waals surface area contributed by atoms with Crippen LogP contribution in [-0.2, 0) is 4.74 Å². The minimum atomic E-state index is 0.425. The van der Waals surface area contributed by atoms with Crippen LogP contribution >= 0.6 is 0 Å². The Morgan fingerprint density at radius 3 is 3.04 bits per heavy atom. The first-order chi connectivity index (χ1) is 11.3. The van der Waals surface area contributed by atoms with Gasteiger partial charge in [0.05, 0.1) is 6.10 Å². The molecule has 0 aromatic carbocycles. The SMILES string of the molecule is C[C@H]1CN(C[C@H]2CCCCO2)CCN1c1ccc2nncn2n1. The molecule has 4 rings (SSSR count). The molecule has 0 bridgehead atoms. The van der Waals surface area contributed by atoms with Crippen LogP contribution < -0.4 is 4.90 Å². The Balaban J connectivity index is 1.40. The molecule has 0 aliphatic carbocycles. The van der Waals surface area contributed by atoms with Gasteiger partial charge in [0.25, 0.3) is 0 Å². The molecule has 2 fully saturated rings. The Kier molecular flexibility index (Phi) is 4.13. The summed E-state index contributed by atoms with van der Waals surface area (Å²) in [6.45, 7) is 7.38. The van der Waals surface area contributed by atoms with Crippen molar-refractivity contribution >= 4 is 11.5 Å². The summed E-state index contributed by atoms with van der Waals surface area (Å²) in [5.41, 5.74) is 0.787. The van der Waals surface area contributed by atoms with E-state index >= 15 is 0 Å². The maximum atomic E-state index is 5.88. The molecule has 2 aromatic rings. The van der Waals surface area contributed by atoms with Crippen LogP contribution in [0.1, 0.15) is 26.2 Å². The number of nitrogens with zero attached hydrogens (tertiary/aromatic N) is 6. The standard InChI is InChI=1S/C16H24N6O/c1-13-10-20(11-14-4-2-3-9-23-14)7-8-21(13)16-6-5-15-18-17-12-22(15)19-16/h5-6,12-14H,2-4,7-11H2,1H3/t13-,14+/m0/s1. The first-order valence-corrected chi connectivity index (χ1v) is 8.57. The lowest BCUT2D eigenvalue weighted by molar-refractivity contribution is -0.00826. The number of rotatable bonds is 3. The smallest absolute Gasteiger partial charge is 0.177 e. The van der Waals surface area contributed by atoms with Gasteiger partial charge in [-0.1, -0.05) is 0 Å². The molecule has 2 aliphatic heterocycles. The second-order valence-corrected chi connectivity index (χ2v) is 6.62. The van der Waals surface area contributed by atoms with Crippen LogP contribution in [0.2, 0.25) is 0 Å². The van der Waals surface area contributed by atoms with E-state index in [-0.39, 0.29) is 0 Å². The van der Waals surface area contributed by atoms with E-state index in [0.717, 1.165) is 44.3 Å². The van der Waals surface area contributed by atoms with Crippen molar-refractivity contribution in [1.82, 2.24) is 24.7 Å². The number of ether oxygens (including phenoxy) is 1. The van der Waals surface area contributed by atoms with E-state index in [2.05, 4.69) is 32.0 Å². The summed E-state index contributed by atoms with van der Waals surface area (Å²) in [6.07, 6.45) is 5.82. The van der Waals surface area contributed by atoms with E-state index < -0.39 is 0 Å². The van der Waals surface area contributed by atoms with Crippen molar-refractivity contribution in [3.63, 3.8) is 0 Å². The third-order valence-corrected chi connectivity index (χ3v) is 4.89. The number of anilines is 1. The summed E-state index contributed by atoms with van der Waals surface area (Å²) in [5.74, 6) is 0.998. The molecule has 7 heteroatoms. The van der Waals surface area contributed by atoms with Crippen molar-refractivity contribution in [2.75, 3.05) is 37.7 Å². The molecule has 2 saturated heterocycles. The summed E-state index contributed by atoms with van der Waals surface area (Å²) in [6, 6.07) is 4.46. The average molecular weight is 316 g/mol. The van der Waals surface area contributed by atoms with Gasteiger partial charge in [0.1, 0.15) is 12.1 Å². The maximum absolute atomic E-state index is 5.88. The van der Waals surface area contributed by atoms with Crippen molar-refractivity contribution in [3.8, 4) is 0 Å². The summed E-state index contributed by atoms with van der Waals surface area (Å²) in [4.78, 5) is 4.91. The summed E-state index contributed by atoms with van der Waals surface area (Å²) >= 11 is 0. The minimum absolute atomic E-state index is 0.425. The van der Waals surface area contributed by atoms with Crippen LogP contribution in [-0.4, -0.2) is 69.6 Å². The lowest BCUT2D eigenvalue weighted by Crippen LogP contribution is -2.54. The lowest BCUT2D eigenvalue weighted by atomic mass is 10.1. The normalized spacial score (nSPS) is 26.7. The Bertz CT molecular complexity index is 653. The molecular weight excluding hydrogens is 292 g/mol. The van der Waals surface area contributed by atoms with Gasteiger partial charge in [0.2, 0.25) is 0 Å². The number of fused-ring (bicyclic) bond motifs is 1. The van der Waals surface area contributed by atoms with Crippen LogP contribution in [0.15, 0.2) is 18.5 Å². The van der Waals surface area contributed by atoms with Gasteiger partial charge in [0.15, 0.2) is 5.65 Å². The quantitative estimate of drug-likeness (QED) is 0.848. The summed E-state index contributed by atoms with van der Waals surface area (Å²) in [5, 5.41) is 12.5. The van der Waals surface area contributed by atoms with Crippen LogP contribution in [0.4, 0.5) is 5.82 Å². The molecule has 0 spiro atoms. The summed E-state index contributed by atoms with van der Waals surface area (Å²) in [7, 11) is 0. The topological polar surface area (TPSA) is 58.8 Å². The Morgan fingerprint density at radius 2 is 2.22 bits per heavy atom. The number of hydrogen-bond acceptors (Lipinski definition) is 6. The first-order valence-electron chi connectivity index (χ1n) is 8.57. The fourth-order valence-electron chi connectivity index (χ4n) is 3.65. The van der Waals surface area contributed by atoms with Gasteiger partial charge < -0.3 is 9.64 Å². The fourth-order valence-corrected chi connectivity index (χ4v) is 3.65. The van der Waals surface area contributed by atoms with Crippen molar-refractivity contribution in [1.29, 1.82) is 0 Å². The molecule has 124 valence electrons. The van der Waals surface area contributed by atoms with E-state index in [9.17, 15) is 0 Å². The fraction of sp³-hybridized carbons (Fsp3) is 0.688. The molecule has 2 aromatic heterocycles.